The predicted octanol–water partition coefficient (Wildman–Crippen LogP) is 1.05. The highest BCUT2D eigenvalue weighted by atomic mass is 32.2. The van der Waals surface area contributed by atoms with Crippen molar-refractivity contribution in [3.8, 4) is 0 Å². The van der Waals surface area contributed by atoms with Gasteiger partial charge in [-0.25, -0.2) is 5.84 Å². The van der Waals surface area contributed by atoms with Gasteiger partial charge in [0.15, 0.2) is 0 Å². The van der Waals surface area contributed by atoms with Gasteiger partial charge >= 0.3 is 0 Å². The van der Waals surface area contributed by atoms with Gasteiger partial charge in [-0.3, -0.25) is 10.2 Å². The van der Waals surface area contributed by atoms with Crippen molar-refractivity contribution in [1.29, 1.82) is 0 Å². The van der Waals surface area contributed by atoms with E-state index >= 15 is 0 Å². The monoisotopic (exact) mass is 225 g/mol. The topological polar surface area (TPSA) is 81.1 Å². The molecule has 0 unspecified atom stereocenters. The quantitative estimate of drug-likeness (QED) is 0.235. The molecule has 82 valence electrons. The molecule has 1 aromatic carbocycles. The minimum atomic E-state index is -0.159. The average molecular weight is 225 g/mol. The number of amides is 1. The van der Waals surface area contributed by atoms with E-state index in [9.17, 15) is 4.79 Å². The third-order valence-electron chi connectivity index (χ3n) is 2.03. The van der Waals surface area contributed by atoms with Crippen LogP contribution < -0.4 is 17.0 Å². The molecule has 1 rings (SSSR count). The molecule has 1 amide bonds. The molecule has 15 heavy (non-hydrogen) atoms. The summed E-state index contributed by atoms with van der Waals surface area (Å²) in [7, 11) is 0. The minimum Gasteiger partial charge on any atom is -0.398 e. The molecule has 0 saturated heterocycles. The number of rotatable bonds is 4. The highest BCUT2D eigenvalue weighted by molar-refractivity contribution is 7.99. The van der Waals surface area contributed by atoms with Crippen LogP contribution in [0.15, 0.2) is 23.1 Å². The number of anilines is 1. The maximum absolute atomic E-state index is 10.9. The summed E-state index contributed by atoms with van der Waals surface area (Å²) in [5, 5.41) is 0. The number of para-hydroxylation sites is 1. The van der Waals surface area contributed by atoms with Crippen molar-refractivity contribution in [3.05, 3.63) is 23.8 Å². The number of hydrogen-bond acceptors (Lipinski definition) is 4. The molecule has 5 N–H and O–H groups in total. The standard InChI is InChI=1S/C10H15N3OS/c1-7-3-2-4-8(10(7)11)15-6-5-9(14)13-12/h2-4H,5-6,11-12H2,1H3,(H,13,14). The van der Waals surface area contributed by atoms with Crippen molar-refractivity contribution in [2.24, 2.45) is 5.84 Å². The molecule has 0 bridgehead atoms. The maximum atomic E-state index is 10.9. The fourth-order valence-corrected chi connectivity index (χ4v) is 2.10. The Hall–Kier alpha value is -1.20. The zero-order valence-corrected chi connectivity index (χ0v) is 9.43. The lowest BCUT2D eigenvalue weighted by molar-refractivity contribution is -0.120. The lowest BCUT2D eigenvalue weighted by atomic mass is 10.2. The summed E-state index contributed by atoms with van der Waals surface area (Å²) in [5.41, 5.74) is 9.83. The van der Waals surface area contributed by atoms with Crippen molar-refractivity contribution < 1.29 is 4.79 Å². The van der Waals surface area contributed by atoms with E-state index in [0.717, 1.165) is 16.1 Å². The van der Waals surface area contributed by atoms with Gasteiger partial charge in [0.2, 0.25) is 5.91 Å². The van der Waals surface area contributed by atoms with E-state index in [4.69, 9.17) is 11.6 Å². The van der Waals surface area contributed by atoms with Gasteiger partial charge in [0.1, 0.15) is 0 Å². The van der Waals surface area contributed by atoms with Crippen LogP contribution in [0.4, 0.5) is 5.69 Å². The van der Waals surface area contributed by atoms with Gasteiger partial charge < -0.3 is 5.73 Å². The number of carbonyl (C=O) groups excluding carboxylic acids is 1. The summed E-state index contributed by atoms with van der Waals surface area (Å²) in [6.07, 6.45) is 0.397. The van der Waals surface area contributed by atoms with Crippen LogP contribution in [-0.4, -0.2) is 11.7 Å². The van der Waals surface area contributed by atoms with Crippen molar-refractivity contribution in [1.82, 2.24) is 5.43 Å². The van der Waals surface area contributed by atoms with Crippen molar-refractivity contribution in [3.63, 3.8) is 0 Å². The molecule has 5 heteroatoms. The van der Waals surface area contributed by atoms with Crippen LogP contribution in [0.3, 0.4) is 0 Å². The van der Waals surface area contributed by atoms with Gasteiger partial charge in [0, 0.05) is 22.8 Å². The van der Waals surface area contributed by atoms with E-state index in [1.54, 1.807) is 11.8 Å². The normalized spacial score (nSPS) is 10.0. The molecule has 0 atom stereocenters. The molecule has 0 aromatic heterocycles. The first-order chi connectivity index (χ1) is 7.15. The van der Waals surface area contributed by atoms with Crippen LogP contribution in [0.25, 0.3) is 0 Å². The highest BCUT2D eigenvalue weighted by Gasteiger charge is 2.03. The van der Waals surface area contributed by atoms with Crippen LogP contribution in [0, 0.1) is 6.92 Å². The Morgan fingerprint density at radius 2 is 2.27 bits per heavy atom. The molecule has 0 radical (unpaired) electrons. The van der Waals surface area contributed by atoms with Gasteiger partial charge in [-0.1, -0.05) is 12.1 Å². The molecule has 0 spiro atoms. The van der Waals surface area contributed by atoms with Crippen LogP contribution in [-0.2, 0) is 4.79 Å². The first kappa shape index (κ1) is 11.9. The summed E-state index contributed by atoms with van der Waals surface area (Å²) in [6, 6.07) is 5.87. The molecule has 4 nitrogen and oxygen atoms in total. The minimum absolute atomic E-state index is 0.159. The van der Waals surface area contributed by atoms with Gasteiger partial charge in [-0.2, -0.15) is 0 Å². The van der Waals surface area contributed by atoms with E-state index in [0.29, 0.717) is 12.2 Å². The number of aryl methyl sites for hydroxylation is 1. The Kier molecular flexibility index (Phi) is 4.45. The number of benzene rings is 1. The summed E-state index contributed by atoms with van der Waals surface area (Å²) in [6.45, 7) is 1.96. The average Bonchev–Trinajstić information content (AvgIpc) is 2.24. The van der Waals surface area contributed by atoms with E-state index in [-0.39, 0.29) is 5.91 Å². The number of nitrogens with two attached hydrogens (primary N) is 2. The Bertz CT molecular complexity index is 355. The fourth-order valence-electron chi connectivity index (χ4n) is 1.11. The maximum Gasteiger partial charge on any atom is 0.234 e. The molecule has 0 aliphatic heterocycles. The van der Waals surface area contributed by atoms with Crippen LogP contribution in [0.1, 0.15) is 12.0 Å². The van der Waals surface area contributed by atoms with Crippen LogP contribution >= 0.6 is 11.8 Å². The predicted molar refractivity (Wildman–Crippen MR) is 63.3 cm³/mol. The van der Waals surface area contributed by atoms with Crippen molar-refractivity contribution >= 4 is 23.4 Å². The smallest absolute Gasteiger partial charge is 0.234 e. The lowest BCUT2D eigenvalue weighted by Crippen LogP contribution is -2.30. The summed E-state index contributed by atoms with van der Waals surface area (Å²) < 4.78 is 0. The number of nitrogens with one attached hydrogen (secondary N) is 1. The molecule has 1 aromatic rings. The van der Waals surface area contributed by atoms with Gasteiger partial charge in [0.05, 0.1) is 0 Å². The fraction of sp³-hybridized carbons (Fsp3) is 0.300. The molecular weight excluding hydrogens is 210 g/mol. The summed E-state index contributed by atoms with van der Waals surface area (Å²) in [5.74, 6) is 5.49. The number of thioether (sulfide) groups is 1. The van der Waals surface area contributed by atoms with E-state index in [1.165, 1.54) is 0 Å². The summed E-state index contributed by atoms with van der Waals surface area (Å²) in [4.78, 5) is 11.9. The molecule has 0 aliphatic rings. The lowest BCUT2D eigenvalue weighted by Gasteiger charge is -2.07. The molecular formula is C10H15N3OS. The van der Waals surface area contributed by atoms with Gasteiger partial charge in [0.25, 0.3) is 0 Å². The van der Waals surface area contributed by atoms with E-state index < -0.39 is 0 Å². The van der Waals surface area contributed by atoms with Gasteiger partial charge in [-0.15, -0.1) is 11.8 Å². The number of carbonyl (C=O) groups is 1. The molecule has 0 fully saturated rings. The highest BCUT2D eigenvalue weighted by Crippen LogP contribution is 2.27. The van der Waals surface area contributed by atoms with Gasteiger partial charge in [-0.05, 0) is 18.6 Å². The summed E-state index contributed by atoms with van der Waals surface area (Å²) >= 11 is 1.56. The zero-order valence-electron chi connectivity index (χ0n) is 8.62. The number of hydrogen-bond donors (Lipinski definition) is 3. The first-order valence-electron chi connectivity index (χ1n) is 4.62. The third-order valence-corrected chi connectivity index (χ3v) is 3.11. The second kappa shape index (κ2) is 5.63. The van der Waals surface area contributed by atoms with Crippen molar-refractivity contribution in [2.75, 3.05) is 11.5 Å². The second-order valence-corrected chi connectivity index (χ2v) is 4.29. The van der Waals surface area contributed by atoms with Crippen LogP contribution in [0.2, 0.25) is 0 Å². The molecule has 0 saturated carbocycles. The number of nitrogen functional groups attached to an aromatic ring is 1. The Morgan fingerprint density at radius 1 is 1.53 bits per heavy atom. The third kappa shape index (κ3) is 3.45. The molecule has 0 aliphatic carbocycles. The Labute approximate surface area is 93.4 Å². The largest absolute Gasteiger partial charge is 0.398 e. The second-order valence-electron chi connectivity index (χ2n) is 3.15. The van der Waals surface area contributed by atoms with E-state index in [1.807, 2.05) is 25.1 Å². The Morgan fingerprint density at radius 3 is 2.93 bits per heavy atom. The number of hydrazine groups is 1. The first-order valence-corrected chi connectivity index (χ1v) is 5.61. The van der Waals surface area contributed by atoms with E-state index in [2.05, 4.69) is 5.43 Å². The van der Waals surface area contributed by atoms with Crippen LogP contribution in [0.5, 0.6) is 0 Å². The van der Waals surface area contributed by atoms with Crippen molar-refractivity contribution in [2.45, 2.75) is 18.2 Å². The Balaban J connectivity index is 2.51. The molecule has 0 heterocycles. The SMILES string of the molecule is Cc1cccc(SCCC(=O)NN)c1N. The zero-order chi connectivity index (χ0) is 11.3.